The lowest BCUT2D eigenvalue weighted by Crippen LogP contribution is -2.43. The van der Waals surface area contributed by atoms with Crippen LogP contribution in [0.25, 0.3) is 10.8 Å². The van der Waals surface area contributed by atoms with Crippen molar-refractivity contribution >= 4 is 38.4 Å². The molecule has 1 saturated carbocycles. The molecule has 0 bridgehead atoms. The smallest absolute Gasteiger partial charge is 0.316 e. The van der Waals surface area contributed by atoms with E-state index < -0.39 is 21.4 Å². The minimum absolute atomic E-state index is 0.144. The highest BCUT2D eigenvalue weighted by Gasteiger charge is 2.52. The van der Waals surface area contributed by atoms with E-state index in [0.29, 0.717) is 31.7 Å². The van der Waals surface area contributed by atoms with Crippen LogP contribution in [0.3, 0.4) is 0 Å². The van der Waals surface area contributed by atoms with E-state index in [1.165, 1.54) is 4.31 Å². The summed E-state index contributed by atoms with van der Waals surface area (Å²) in [6.07, 6.45) is 2.77. The number of rotatable bonds is 7. The Balaban J connectivity index is 1.26. The van der Waals surface area contributed by atoms with E-state index in [9.17, 15) is 18.0 Å². The standard InChI is InChI=1S/C28H30N2O5S/c1-2-35-27(32)28(15-16-28)23-10-12-24(13-11-23)29-26(31)22-8-5-17-30(19-22)36(33,34)25-14-9-20-6-3-4-7-21(20)18-25/h3-4,6-7,9-14,18,22H,2,5,8,15-17,19H2,1H3,(H,29,31)/t22-/m1/s1. The quantitative estimate of drug-likeness (QED) is 0.477. The predicted octanol–water partition coefficient (Wildman–Crippen LogP) is 4.47. The number of carbonyl (C=O) groups is 2. The molecule has 5 rings (SSSR count). The summed E-state index contributed by atoms with van der Waals surface area (Å²) in [5, 5.41) is 4.77. The van der Waals surface area contributed by atoms with Crippen molar-refractivity contribution in [3.8, 4) is 0 Å². The Morgan fingerprint density at radius 3 is 2.44 bits per heavy atom. The molecular formula is C28H30N2O5S. The number of amides is 1. The van der Waals surface area contributed by atoms with Gasteiger partial charge < -0.3 is 10.1 Å². The molecule has 1 aliphatic heterocycles. The fourth-order valence-corrected chi connectivity index (χ4v) is 6.53. The summed E-state index contributed by atoms with van der Waals surface area (Å²) in [5.41, 5.74) is 0.960. The van der Waals surface area contributed by atoms with Crippen LogP contribution < -0.4 is 5.32 Å². The van der Waals surface area contributed by atoms with Crippen LogP contribution in [-0.4, -0.2) is 44.3 Å². The number of sulfonamides is 1. The molecule has 8 heteroatoms. The monoisotopic (exact) mass is 506 g/mol. The highest BCUT2D eigenvalue weighted by Crippen LogP contribution is 2.49. The molecule has 188 valence electrons. The first-order chi connectivity index (χ1) is 17.3. The van der Waals surface area contributed by atoms with Gasteiger partial charge in [0.15, 0.2) is 0 Å². The lowest BCUT2D eigenvalue weighted by atomic mass is 9.95. The van der Waals surface area contributed by atoms with Crippen molar-refractivity contribution in [2.24, 2.45) is 5.92 Å². The number of esters is 1. The number of hydrogen-bond acceptors (Lipinski definition) is 5. The second-order valence-electron chi connectivity index (χ2n) is 9.58. The molecule has 3 aromatic carbocycles. The van der Waals surface area contributed by atoms with E-state index in [2.05, 4.69) is 5.32 Å². The van der Waals surface area contributed by atoms with Crippen LogP contribution in [0, 0.1) is 5.92 Å². The summed E-state index contributed by atoms with van der Waals surface area (Å²) in [6, 6.07) is 20.1. The summed E-state index contributed by atoms with van der Waals surface area (Å²) < 4.78 is 33.4. The number of carbonyl (C=O) groups excluding carboxylic acids is 2. The third-order valence-corrected chi connectivity index (χ3v) is 9.10. The van der Waals surface area contributed by atoms with Crippen LogP contribution in [0.2, 0.25) is 0 Å². The van der Waals surface area contributed by atoms with Gasteiger partial charge in [-0.2, -0.15) is 4.31 Å². The number of fused-ring (bicyclic) bond motifs is 1. The fourth-order valence-electron chi connectivity index (χ4n) is 4.97. The van der Waals surface area contributed by atoms with Gasteiger partial charge in [-0.05, 0) is 73.2 Å². The molecule has 1 amide bonds. The van der Waals surface area contributed by atoms with Gasteiger partial charge >= 0.3 is 5.97 Å². The molecule has 36 heavy (non-hydrogen) atoms. The van der Waals surface area contributed by atoms with Crippen molar-refractivity contribution in [3.63, 3.8) is 0 Å². The molecule has 0 unspecified atom stereocenters. The Kier molecular flexibility index (Phi) is 6.57. The Hall–Kier alpha value is -3.23. The van der Waals surface area contributed by atoms with Crippen LogP contribution in [0.1, 0.15) is 38.2 Å². The predicted molar refractivity (Wildman–Crippen MR) is 138 cm³/mol. The molecule has 1 aliphatic carbocycles. The van der Waals surface area contributed by atoms with Crippen molar-refractivity contribution in [2.45, 2.75) is 42.9 Å². The maximum absolute atomic E-state index is 13.4. The Labute approximate surface area is 211 Å². The van der Waals surface area contributed by atoms with Crippen LogP contribution >= 0.6 is 0 Å². The van der Waals surface area contributed by atoms with Gasteiger partial charge in [0, 0.05) is 18.8 Å². The van der Waals surface area contributed by atoms with E-state index >= 15 is 0 Å². The van der Waals surface area contributed by atoms with Crippen molar-refractivity contribution in [2.75, 3.05) is 25.0 Å². The molecule has 2 fully saturated rings. The maximum Gasteiger partial charge on any atom is 0.316 e. The van der Waals surface area contributed by atoms with Gasteiger partial charge in [-0.15, -0.1) is 0 Å². The van der Waals surface area contributed by atoms with Gasteiger partial charge in [0.2, 0.25) is 15.9 Å². The van der Waals surface area contributed by atoms with Gasteiger partial charge in [-0.25, -0.2) is 8.42 Å². The largest absolute Gasteiger partial charge is 0.465 e. The van der Waals surface area contributed by atoms with Crippen molar-refractivity contribution in [1.29, 1.82) is 0 Å². The van der Waals surface area contributed by atoms with Crippen LogP contribution in [0.15, 0.2) is 71.6 Å². The third-order valence-electron chi connectivity index (χ3n) is 7.23. The highest BCUT2D eigenvalue weighted by molar-refractivity contribution is 7.89. The number of nitrogens with zero attached hydrogens (tertiary/aromatic N) is 1. The van der Waals surface area contributed by atoms with Crippen LogP contribution in [-0.2, 0) is 29.8 Å². The van der Waals surface area contributed by atoms with Gasteiger partial charge in [0.1, 0.15) is 0 Å². The maximum atomic E-state index is 13.4. The minimum Gasteiger partial charge on any atom is -0.465 e. The van der Waals surface area contributed by atoms with Gasteiger partial charge in [-0.1, -0.05) is 42.5 Å². The van der Waals surface area contributed by atoms with Gasteiger partial charge in [-0.3, -0.25) is 9.59 Å². The molecule has 1 saturated heterocycles. The number of benzene rings is 3. The average molecular weight is 507 g/mol. The Morgan fingerprint density at radius 2 is 1.75 bits per heavy atom. The lowest BCUT2D eigenvalue weighted by Gasteiger charge is -2.31. The zero-order chi connectivity index (χ0) is 25.3. The minimum atomic E-state index is -3.71. The molecule has 0 radical (unpaired) electrons. The van der Waals surface area contributed by atoms with Gasteiger partial charge in [0.05, 0.1) is 22.8 Å². The van der Waals surface area contributed by atoms with Crippen molar-refractivity contribution in [3.05, 3.63) is 72.3 Å². The topological polar surface area (TPSA) is 92.8 Å². The summed E-state index contributed by atoms with van der Waals surface area (Å²) in [4.78, 5) is 25.6. The third kappa shape index (κ3) is 4.63. The molecule has 1 heterocycles. The number of hydrogen-bond donors (Lipinski definition) is 1. The fraction of sp³-hybridized carbons (Fsp3) is 0.357. The summed E-state index contributed by atoms with van der Waals surface area (Å²) in [6.45, 7) is 2.68. The van der Waals surface area contributed by atoms with E-state index in [1.807, 2.05) is 42.5 Å². The first kappa shape index (κ1) is 24.5. The molecular weight excluding hydrogens is 476 g/mol. The SMILES string of the molecule is CCOC(=O)C1(c2ccc(NC(=O)[C@@H]3CCCN(S(=O)(=O)c4ccc5ccccc5c4)C3)cc2)CC1. The molecule has 0 aromatic heterocycles. The molecule has 3 aromatic rings. The molecule has 1 N–H and O–H groups in total. The molecule has 7 nitrogen and oxygen atoms in total. The normalized spacial score (nSPS) is 19.5. The lowest BCUT2D eigenvalue weighted by molar-refractivity contribution is -0.146. The second kappa shape index (κ2) is 9.67. The Bertz CT molecular complexity index is 1400. The number of anilines is 1. The van der Waals surface area contributed by atoms with E-state index in [1.54, 1.807) is 31.2 Å². The Morgan fingerprint density at radius 1 is 1.03 bits per heavy atom. The van der Waals surface area contributed by atoms with E-state index in [4.69, 9.17) is 4.74 Å². The van der Waals surface area contributed by atoms with E-state index in [-0.39, 0.29) is 23.3 Å². The number of ether oxygens (including phenoxy) is 1. The molecule has 2 aliphatic rings. The van der Waals surface area contributed by atoms with E-state index in [0.717, 1.165) is 29.2 Å². The zero-order valence-electron chi connectivity index (χ0n) is 20.3. The average Bonchev–Trinajstić information content (AvgIpc) is 3.71. The second-order valence-corrected chi connectivity index (χ2v) is 11.5. The number of piperidine rings is 1. The molecule has 0 spiro atoms. The first-order valence-electron chi connectivity index (χ1n) is 12.4. The first-order valence-corrected chi connectivity index (χ1v) is 13.8. The summed E-state index contributed by atoms with van der Waals surface area (Å²) in [7, 11) is -3.71. The zero-order valence-corrected chi connectivity index (χ0v) is 21.1. The summed E-state index contributed by atoms with van der Waals surface area (Å²) >= 11 is 0. The van der Waals surface area contributed by atoms with Crippen molar-refractivity contribution < 1.29 is 22.7 Å². The van der Waals surface area contributed by atoms with Crippen LogP contribution in [0.4, 0.5) is 5.69 Å². The van der Waals surface area contributed by atoms with Crippen molar-refractivity contribution in [1.82, 2.24) is 4.31 Å². The van der Waals surface area contributed by atoms with Crippen LogP contribution in [0.5, 0.6) is 0 Å². The van der Waals surface area contributed by atoms with Gasteiger partial charge in [0.25, 0.3) is 0 Å². The number of nitrogens with one attached hydrogen (secondary N) is 1. The summed E-state index contributed by atoms with van der Waals surface area (Å²) in [5.74, 6) is -0.840. The molecule has 1 atom stereocenters. The highest BCUT2D eigenvalue weighted by atomic mass is 32.2.